The molecule has 0 aromatic heterocycles. The highest BCUT2D eigenvalue weighted by atomic mass is 16.1. The van der Waals surface area contributed by atoms with Crippen LogP contribution in [0.1, 0.15) is 47.0 Å². The Morgan fingerprint density at radius 3 is 2.47 bits per heavy atom. The minimum Gasteiger partial charge on any atom is -0.355 e. The van der Waals surface area contributed by atoms with Gasteiger partial charge in [-0.15, -0.1) is 0 Å². The minimum absolute atomic E-state index is 0.207. The summed E-state index contributed by atoms with van der Waals surface area (Å²) in [6, 6.07) is 0.798. The highest BCUT2D eigenvalue weighted by Gasteiger charge is 2.27. The van der Waals surface area contributed by atoms with Gasteiger partial charge in [0.25, 0.3) is 0 Å². The summed E-state index contributed by atoms with van der Waals surface area (Å²) in [5, 5.41) is 3.04. The maximum Gasteiger partial charge on any atom is 0.220 e. The van der Waals surface area contributed by atoms with Crippen molar-refractivity contribution in [1.29, 1.82) is 0 Å². The predicted molar refractivity (Wildman–Crippen MR) is 71.9 cm³/mol. The Hall–Kier alpha value is -0.570. The molecule has 1 aliphatic carbocycles. The molecule has 0 aromatic rings. The standard InChI is InChI=1S/C14H28N2O/c1-5-16(13-6-7-13)9-8-15-14(17)10-12(4)11(2)3/h11-13H,5-10H2,1-4H3,(H,15,17). The van der Waals surface area contributed by atoms with E-state index in [1.165, 1.54) is 12.8 Å². The maximum absolute atomic E-state index is 11.7. The summed E-state index contributed by atoms with van der Waals surface area (Å²) in [5.41, 5.74) is 0. The van der Waals surface area contributed by atoms with Gasteiger partial charge < -0.3 is 5.32 Å². The molecule has 0 saturated heterocycles. The van der Waals surface area contributed by atoms with E-state index in [-0.39, 0.29) is 5.91 Å². The van der Waals surface area contributed by atoms with E-state index in [1.54, 1.807) is 0 Å². The highest BCUT2D eigenvalue weighted by molar-refractivity contribution is 5.76. The van der Waals surface area contributed by atoms with E-state index in [0.717, 1.165) is 25.7 Å². The predicted octanol–water partition coefficient (Wildman–Crippen LogP) is 2.27. The number of hydrogen-bond donors (Lipinski definition) is 1. The van der Waals surface area contributed by atoms with Crippen LogP contribution in [0.5, 0.6) is 0 Å². The zero-order valence-corrected chi connectivity index (χ0v) is 11.8. The molecule has 0 heterocycles. The molecule has 1 aliphatic rings. The molecule has 1 rings (SSSR count). The van der Waals surface area contributed by atoms with Crippen LogP contribution >= 0.6 is 0 Å². The van der Waals surface area contributed by atoms with E-state index < -0.39 is 0 Å². The third kappa shape index (κ3) is 5.53. The van der Waals surface area contributed by atoms with Gasteiger partial charge in [-0.2, -0.15) is 0 Å². The molecule has 3 heteroatoms. The van der Waals surface area contributed by atoms with Crippen molar-refractivity contribution in [3.8, 4) is 0 Å². The molecule has 0 bridgehead atoms. The van der Waals surface area contributed by atoms with E-state index in [4.69, 9.17) is 0 Å². The van der Waals surface area contributed by atoms with Crippen molar-refractivity contribution in [2.75, 3.05) is 19.6 Å². The number of nitrogens with zero attached hydrogens (tertiary/aromatic N) is 1. The third-order valence-corrected chi connectivity index (χ3v) is 3.84. The average Bonchev–Trinajstić information content (AvgIpc) is 3.08. The lowest BCUT2D eigenvalue weighted by atomic mass is 9.94. The van der Waals surface area contributed by atoms with Crippen molar-refractivity contribution in [1.82, 2.24) is 10.2 Å². The maximum atomic E-state index is 11.7. The van der Waals surface area contributed by atoms with E-state index in [1.807, 2.05) is 0 Å². The summed E-state index contributed by atoms with van der Waals surface area (Å²) < 4.78 is 0. The first-order valence-corrected chi connectivity index (χ1v) is 7.05. The van der Waals surface area contributed by atoms with Crippen molar-refractivity contribution in [3.05, 3.63) is 0 Å². The summed E-state index contributed by atoms with van der Waals surface area (Å²) in [7, 11) is 0. The van der Waals surface area contributed by atoms with Gasteiger partial charge in [-0.25, -0.2) is 0 Å². The molecule has 3 nitrogen and oxygen atoms in total. The lowest BCUT2D eigenvalue weighted by molar-refractivity contribution is -0.122. The molecule has 1 atom stereocenters. The molecule has 17 heavy (non-hydrogen) atoms. The number of likely N-dealkylation sites (N-methyl/N-ethyl adjacent to an activating group) is 1. The fourth-order valence-corrected chi connectivity index (χ4v) is 1.98. The highest BCUT2D eigenvalue weighted by Crippen LogP contribution is 2.25. The number of rotatable bonds is 8. The largest absolute Gasteiger partial charge is 0.355 e. The SMILES string of the molecule is CCN(CCNC(=O)CC(C)C(C)C)C1CC1. The van der Waals surface area contributed by atoms with Gasteiger partial charge in [-0.05, 0) is 31.2 Å². The van der Waals surface area contributed by atoms with Gasteiger partial charge in [0, 0.05) is 25.6 Å². The average molecular weight is 240 g/mol. The molecule has 1 amide bonds. The monoisotopic (exact) mass is 240 g/mol. The molecule has 100 valence electrons. The van der Waals surface area contributed by atoms with E-state index in [0.29, 0.717) is 18.3 Å². The van der Waals surface area contributed by atoms with E-state index >= 15 is 0 Å². The summed E-state index contributed by atoms with van der Waals surface area (Å²) in [6.45, 7) is 11.6. The van der Waals surface area contributed by atoms with Gasteiger partial charge in [0.1, 0.15) is 0 Å². The second kappa shape index (κ2) is 7.00. The fourth-order valence-electron chi connectivity index (χ4n) is 1.98. The zero-order valence-electron chi connectivity index (χ0n) is 11.8. The van der Waals surface area contributed by atoms with Crippen molar-refractivity contribution >= 4 is 5.91 Å². The van der Waals surface area contributed by atoms with Crippen LogP contribution in [0.4, 0.5) is 0 Å². The first-order chi connectivity index (χ1) is 8.04. The van der Waals surface area contributed by atoms with Gasteiger partial charge in [0.15, 0.2) is 0 Å². The molecule has 1 unspecified atom stereocenters. The third-order valence-electron chi connectivity index (χ3n) is 3.84. The van der Waals surface area contributed by atoms with Crippen LogP contribution in [0.15, 0.2) is 0 Å². The van der Waals surface area contributed by atoms with Crippen LogP contribution in [0.2, 0.25) is 0 Å². The molecule has 1 N–H and O–H groups in total. The topological polar surface area (TPSA) is 32.3 Å². The minimum atomic E-state index is 0.207. The summed E-state index contributed by atoms with van der Waals surface area (Å²) in [5.74, 6) is 1.26. The number of nitrogens with one attached hydrogen (secondary N) is 1. The fraction of sp³-hybridized carbons (Fsp3) is 0.929. The van der Waals surface area contributed by atoms with E-state index in [9.17, 15) is 4.79 Å². The molecule has 1 fully saturated rings. The molecule has 1 saturated carbocycles. The van der Waals surface area contributed by atoms with Crippen LogP contribution in [0.3, 0.4) is 0 Å². The first kappa shape index (κ1) is 14.5. The van der Waals surface area contributed by atoms with Crippen LogP contribution in [-0.4, -0.2) is 36.5 Å². The lowest BCUT2D eigenvalue weighted by Crippen LogP contribution is -2.36. The van der Waals surface area contributed by atoms with Crippen molar-refractivity contribution in [3.63, 3.8) is 0 Å². The first-order valence-electron chi connectivity index (χ1n) is 7.05. The molecule has 0 aliphatic heterocycles. The summed E-state index contributed by atoms with van der Waals surface area (Å²) >= 11 is 0. The Balaban J connectivity index is 2.10. The van der Waals surface area contributed by atoms with Crippen molar-refractivity contribution in [2.24, 2.45) is 11.8 Å². The van der Waals surface area contributed by atoms with E-state index in [2.05, 4.69) is 37.9 Å². The van der Waals surface area contributed by atoms with Crippen molar-refractivity contribution < 1.29 is 4.79 Å². The Bertz CT molecular complexity index is 236. The molecule has 0 spiro atoms. The molecular weight excluding hydrogens is 212 g/mol. The summed E-state index contributed by atoms with van der Waals surface area (Å²) in [4.78, 5) is 14.1. The lowest BCUT2D eigenvalue weighted by Gasteiger charge is -2.20. The van der Waals surface area contributed by atoms with Crippen LogP contribution in [-0.2, 0) is 4.79 Å². The van der Waals surface area contributed by atoms with Gasteiger partial charge in [-0.3, -0.25) is 9.69 Å². The molecular formula is C14H28N2O. The molecule has 0 aromatic carbocycles. The molecule has 0 radical (unpaired) electrons. The van der Waals surface area contributed by atoms with Crippen molar-refractivity contribution in [2.45, 2.75) is 53.0 Å². The Morgan fingerprint density at radius 1 is 1.35 bits per heavy atom. The smallest absolute Gasteiger partial charge is 0.220 e. The van der Waals surface area contributed by atoms with Crippen LogP contribution in [0.25, 0.3) is 0 Å². The number of amides is 1. The van der Waals surface area contributed by atoms with Crippen LogP contribution < -0.4 is 5.32 Å². The quantitative estimate of drug-likeness (QED) is 0.706. The van der Waals surface area contributed by atoms with Gasteiger partial charge in [-0.1, -0.05) is 27.7 Å². The second-order valence-electron chi connectivity index (χ2n) is 5.64. The van der Waals surface area contributed by atoms with Gasteiger partial charge >= 0.3 is 0 Å². The van der Waals surface area contributed by atoms with Gasteiger partial charge in [0.2, 0.25) is 5.91 Å². The Morgan fingerprint density at radius 2 is 2.00 bits per heavy atom. The Labute approximate surface area is 106 Å². The number of carbonyl (C=O) groups is 1. The zero-order chi connectivity index (χ0) is 12.8. The second-order valence-corrected chi connectivity index (χ2v) is 5.64. The number of carbonyl (C=O) groups excluding carboxylic acids is 1. The van der Waals surface area contributed by atoms with Gasteiger partial charge in [0.05, 0.1) is 0 Å². The number of hydrogen-bond acceptors (Lipinski definition) is 2. The summed E-state index contributed by atoms with van der Waals surface area (Å²) in [6.07, 6.45) is 3.34. The van der Waals surface area contributed by atoms with Crippen LogP contribution in [0, 0.1) is 11.8 Å². The Kier molecular flexibility index (Phi) is 5.96. The normalized spacial score (nSPS) is 17.5.